The quantitative estimate of drug-likeness (QED) is 0.389. The van der Waals surface area contributed by atoms with Crippen LogP contribution in [-0.4, -0.2) is 0 Å². The first-order chi connectivity index (χ1) is 13.7. The van der Waals surface area contributed by atoms with Gasteiger partial charge >= 0.3 is 0 Å². The fourth-order valence-electron chi connectivity index (χ4n) is 3.90. The van der Waals surface area contributed by atoms with E-state index in [1.807, 2.05) is 30.3 Å². The molecule has 0 bridgehead atoms. The van der Waals surface area contributed by atoms with Crippen molar-refractivity contribution in [3.8, 4) is 22.6 Å². The highest BCUT2D eigenvalue weighted by molar-refractivity contribution is 5.67. The van der Waals surface area contributed by atoms with Crippen molar-refractivity contribution in [3.05, 3.63) is 108 Å². The second-order valence-electron chi connectivity index (χ2n) is 7.12. The summed E-state index contributed by atoms with van der Waals surface area (Å²) in [4.78, 5) is 0. The summed E-state index contributed by atoms with van der Waals surface area (Å²) in [7, 11) is 0. The van der Waals surface area contributed by atoms with Gasteiger partial charge in [-0.2, -0.15) is 0 Å². The molecule has 0 aliphatic carbocycles. The van der Waals surface area contributed by atoms with Gasteiger partial charge in [-0.1, -0.05) is 66.7 Å². The lowest BCUT2D eigenvalue weighted by molar-refractivity contribution is 0.453. The molecule has 28 heavy (non-hydrogen) atoms. The Morgan fingerprint density at radius 2 is 1.11 bits per heavy atom. The molecule has 4 aromatic carbocycles. The molecule has 136 valence electrons. The third kappa shape index (κ3) is 2.78. The van der Waals surface area contributed by atoms with Gasteiger partial charge < -0.3 is 16.2 Å². The van der Waals surface area contributed by atoms with Crippen LogP contribution in [0.3, 0.4) is 0 Å². The fraction of sp³-hybridized carbons (Fsp3) is 0.0400. The van der Waals surface area contributed by atoms with Crippen LogP contribution in [0, 0.1) is 0 Å². The molecule has 4 N–H and O–H groups in total. The van der Waals surface area contributed by atoms with Gasteiger partial charge in [-0.15, -0.1) is 0 Å². The van der Waals surface area contributed by atoms with Crippen LogP contribution in [0.1, 0.15) is 22.6 Å². The Morgan fingerprint density at radius 3 is 1.68 bits per heavy atom. The predicted octanol–water partition coefficient (Wildman–Crippen LogP) is 5.80. The number of anilines is 2. The van der Waals surface area contributed by atoms with Crippen molar-refractivity contribution in [3.63, 3.8) is 0 Å². The second-order valence-corrected chi connectivity index (χ2v) is 7.12. The van der Waals surface area contributed by atoms with Crippen molar-refractivity contribution in [2.45, 2.75) is 5.92 Å². The Kier molecular flexibility index (Phi) is 3.80. The monoisotopic (exact) mass is 364 g/mol. The maximum Gasteiger partial charge on any atom is 0.133 e. The average Bonchev–Trinajstić information content (AvgIpc) is 2.72. The molecule has 0 radical (unpaired) electrons. The van der Waals surface area contributed by atoms with Crippen LogP contribution in [0.2, 0.25) is 0 Å². The Bertz CT molecular complexity index is 1100. The smallest absolute Gasteiger partial charge is 0.133 e. The first-order valence-electron chi connectivity index (χ1n) is 9.31. The third-order valence-corrected chi connectivity index (χ3v) is 5.27. The normalized spacial score (nSPS) is 12.7. The highest BCUT2D eigenvalue weighted by Crippen LogP contribution is 2.48. The van der Waals surface area contributed by atoms with Crippen LogP contribution in [0.25, 0.3) is 11.1 Å². The van der Waals surface area contributed by atoms with Crippen LogP contribution in [0.5, 0.6) is 11.5 Å². The average molecular weight is 364 g/mol. The lowest BCUT2D eigenvalue weighted by Crippen LogP contribution is -2.12. The van der Waals surface area contributed by atoms with Crippen LogP contribution in [0.4, 0.5) is 11.4 Å². The van der Waals surface area contributed by atoms with Crippen molar-refractivity contribution < 1.29 is 4.74 Å². The molecular weight excluding hydrogens is 344 g/mol. The highest BCUT2D eigenvalue weighted by Gasteiger charge is 2.29. The van der Waals surface area contributed by atoms with Gasteiger partial charge in [0.15, 0.2) is 0 Å². The van der Waals surface area contributed by atoms with E-state index >= 15 is 0 Å². The number of benzene rings is 4. The van der Waals surface area contributed by atoms with E-state index in [0.29, 0.717) is 11.4 Å². The molecule has 1 aliphatic heterocycles. The summed E-state index contributed by atoms with van der Waals surface area (Å²) in [5, 5.41) is 0. The van der Waals surface area contributed by atoms with E-state index < -0.39 is 0 Å². The van der Waals surface area contributed by atoms with E-state index in [-0.39, 0.29) is 5.92 Å². The van der Waals surface area contributed by atoms with Gasteiger partial charge in [0.05, 0.1) is 0 Å². The van der Waals surface area contributed by atoms with Crippen LogP contribution in [-0.2, 0) is 0 Å². The predicted molar refractivity (Wildman–Crippen MR) is 115 cm³/mol. The van der Waals surface area contributed by atoms with Gasteiger partial charge in [0.25, 0.3) is 0 Å². The molecule has 3 heteroatoms. The Labute approximate surface area is 164 Å². The Morgan fingerprint density at radius 1 is 0.571 bits per heavy atom. The first kappa shape index (κ1) is 16.5. The maximum absolute atomic E-state index is 6.12. The summed E-state index contributed by atoms with van der Waals surface area (Å²) < 4.78 is 6.12. The minimum Gasteiger partial charge on any atom is -0.457 e. The molecule has 3 nitrogen and oxygen atoms in total. The largest absolute Gasteiger partial charge is 0.457 e. The number of nitrogens with two attached hydrogens (primary N) is 2. The van der Waals surface area contributed by atoms with Crippen molar-refractivity contribution in [1.82, 2.24) is 0 Å². The molecule has 0 aromatic heterocycles. The third-order valence-electron chi connectivity index (χ3n) is 5.27. The van der Waals surface area contributed by atoms with E-state index in [1.54, 1.807) is 0 Å². The fourth-order valence-corrected chi connectivity index (χ4v) is 3.90. The number of ether oxygens (including phenoxy) is 1. The van der Waals surface area contributed by atoms with Crippen molar-refractivity contribution >= 4 is 11.4 Å². The molecule has 0 amide bonds. The van der Waals surface area contributed by atoms with Crippen molar-refractivity contribution in [2.24, 2.45) is 0 Å². The molecule has 0 saturated heterocycles. The summed E-state index contributed by atoms with van der Waals surface area (Å²) >= 11 is 0. The zero-order valence-corrected chi connectivity index (χ0v) is 15.3. The zero-order chi connectivity index (χ0) is 19.1. The highest BCUT2D eigenvalue weighted by atomic mass is 16.5. The van der Waals surface area contributed by atoms with Gasteiger partial charge in [-0.25, -0.2) is 0 Å². The van der Waals surface area contributed by atoms with Crippen molar-refractivity contribution in [2.75, 3.05) is 11.5 Å². The van der Waals surface area contributed by atoms with E-state index in [2.05, 4.69) is 60.7 Å². The van der Waals surface area contributed by atoms with Crippen LogP contribution >= 0.6 is 0 Å². The molecule has 0 spiro atoms. The number of fused-ring (bicyclic) bond motifs is 2. The van der Waals surface area contributed by atoms with Gasteiger partial charge in [-0.05, 0) is 28.8 Å². The van der Waals surface area contributed by atoms with E-state index in [0.717, 1.165) is 22.6 Å². The van der Waals surface area contributed by atoms with E-state index in [9.17, 15) is 0 Å². The molecular formula is C25H20N2O. The molecule has 0 saturated carbocycles. The van der Waals surface area contributed by atoms with Crippen molar-refractivity contribution in [1.29, 1.82) is 0 Å². The number of hydrogen-bond acceptors (Lipinski definition) is 3. The number of hydrogen-bond donors (Lipinski definition) is 2. The standard InChI is InChI=1S/C25H20N2O/c26-19-10-12-21-23(14-19)28-24-15-20(27)11-13-22(24)25(21)18-8-6-17(7-9-18)16-4-2-1-3-5-16/h1-15,25H,26-27H2. The van der Waals surface area contributed by atoms with E-state index in [1.165, 1.54) is 16.7 Å². The number of rotatable bonds is 2. The molecule has 0 fully saturated rings. The molecule has 5 rings (SSSR count). The van der Waals surface area contributed by atoms with Crippen LogP contribution in [0.15, 0.2) is 91.0 Å². The molecule has 1 aliphatic rings. The summed E-state index contributed by atoms with van der Waals surface area (Å²) in [6.45, 7) is 0. The minimum absolute atomic E-state index is 0.0739. The summed E-state index contributed by atoms with van der Waals surface area (Å²) in [6.07, 6.45) is 0. The molecule has 1 heterocycles. The van der Waals surface area contributed by atoms with Gasteiger partial charge in [0.2, 0.25) is 0 Å². The second kappa shape index (κ2) is 6.46. The lowest BCUT2D eigenvalue weighted by atomic mass is 9.82. The molecule has 0 unspecified atom stereocenters. The molecule has 0 atom stereocenters. The maximum atomic E-state index is 6.12. The minimum atomic E-state index is 0.0739. The summed E-state index contributed by atoms with van der Waals surface area (Å²) in [5.41, 5.74) is 19.2. The summed E-state index contributed by atoms with van der Waals surface area (Å²) in [6, 6.07) is 30.9. The van der Waals surface area contributed by atoms with Crippen LogP contribution < -0.4 is 16.2 Å². The van der Waals surface area contributed by atoms with Gasteiger partial charge in [0, 0.05) is 40.6 Å². The Hall–Kier alpha value is -3.72. The van der Waals surface area contributed by atoms with Gasteiger partial charge in [0.1, 0.15) is 11.5 Å². The first-order valence-corrected chi connectivity index (χ1v) is 9.31. The zero-order valence-electron chi connectivity index (χ0n) is 15.3. The Balaban J connectivity index is 1.63. The number of nitrogen functional groups attached to an aromatic ring is 2. The van der Waals surface area contributed by atoms with E-state index in [4.69, 9.17) is 16.2 Å². The topological polar surface area (TPSA) is 61.3 Å². The SMILES string of the molecule is Nc1ccc2c(c1)Oc1cc(N)ccc1C2c1ccc(-c2ccccc2)cc1. The summed E-state index contributed by atoms with van der Waals surface area (Å²) in [5.74, 6) is 1.65. The molecule has 4 aromatic rings. The van der Waals surface area contributed by atoms with Gasteiger partial charge in [-0.3, -0.25) is 0 Å². The lowest BCUT2D eigenvalue weighted by Gasteiger charge is -2.29.